The molecule has 5 rings (SSSR count). The summed E-state index contributed by atoms with van der Waals surface area (Å²) in [5.41, 5.74) is 5.38. The van der Waals surface area contributed by atoms with Crippen LogP contribution in [-0.4, -0.2) is 32.3 Å². The molecule has 1 unspecified atom stereocenters. The number of imidazole rings is 1. The predicted molar refractivity (Wildman–Crippen MR) is 110 cm³/mol. The number of aromatic amines is 2. The van der Waals surface area contributed by atoms with E-state index in [9.17, 15) is 9.59 Å². The summed E-state index contributed by atoms with van der Waals surface area (Å²) in [6, 6.07) is 12.2. The van der Waals surface area contributed by atoms with Gasteiger partial charge in [-0.1, -0.05) is 30.3 Å². The number of benzene rings is 1. The summed E-state index contributed by atoms with van der Waals surface area (Å²) >= 11 is 0. The van der Waals surface area contributed by atoms with Gasteiger partial charge in [0.2, 0.25) is 0 Å². The lowest BCUT2D eigenvalue weighted by Crippen LogP contribution is -2.40. The topological polar surface area (TPSA) is 81.9 Å². The molecule has 3 heterocycles. The Hall–Kier alpha value is -3.15. The molecular weight excluding hydrogens is 364 g/mol. The van der Waals surface area contributed by atoms with E-state index in [0.717, 1.165) is 54.7 Å². The lowest BCUT2D eigenvalue weighted by atomic mass is 9.91. The number of pyridine rings is 1. The van der Waals surface area contributed by atoms with Crippen molar-refractivity contribution in [1.82, 2.24) is 19.9 Å². The Kier molecular flexibility index (Phi) is 4.54. The number of nitrogens with one attached hydrogen (secondary N) is 2. The third-order valence-corrected chi connectivity index (χ3v) is 6.16. The van der Waals surface area contributed by atoms with E-state index in [4.69, 9.17) is 0 Å². The molecule has 0 fully saturated rings. The molecule has 2 aromatic heterocycles. The van der Waals surface area contributed by atoms with Crippen molar-refractivity contribution in [3.05, 3.63) is 86.9 Å². The average molecular weight is 388 g/mol. The number of hydrogen-bond donors (Lipinski definition) is 2. The van der Waals surface area contributed by atoms with Crippen LogP contribution in [0.2, 0.25) is 0 Å². The second-order valence-corrected chi connectivity index (χ2v) is 8.04. The molecule has 0 bridgehead atoms. The van der Waals surface area contributed by atoms with Crippen LogP contribution in [0.25, 0.3) is 0 Å². The van der Waals surface area contributed by atoms with Crippen LogP contribution in [0.15, 0.2) is 47.5 Å². The molecule has 2 N–H and O–H groups in total. The van der Waals surface area contributed by atoms with Gasteiger partial charge in [0.25, 0.3) is 11.5 Å². The Labute approximate surface area is 169 Å². The fourth-order valence-corrected chi connectivity index (χ4v) is 4.63. The van der Waals surface area contributed by atoms with E-state index in [-0.39, 0.29) is 22.9 Å². The fraction of sp³-hybridized carbons (Fsp3) is 0.348. The predicted octanol–water partition coefficient (Wildman–Crippen LogP) is 2.96. The highest BCUT2D eigenvalue weighted by Crippen LogP contribution is 2.30. The largest absolute Gasteiger partial charge is 0.347 e. The standard InChI is InChI=1S/C23H24N4O2/c28-22-18(11-16-7-4-8-19(16)26-22)23(29)27-12-17(21-20(13-27)24-14-25-21)10-9-15-5-2-1-3-6-15/h1-3,5-6,11,14,17H,4,7-10,12-13H2,(H,24,25)(H,26,28). The van der Waals surface area contributed by atoms with Crippen LogP contribution in [-0.2, 0) is 25.8 Å². The van der Waals surface area contributed by atoms with Gasteiger partial charge in [0.05, 0.1) is 24.3 Å². The summed E-state index contributed by atoms with van der Waals surface area (Å²) in [4.78, 5) is 38.2. The molecule has 1 aliphatic heterocycles. The van der Waals surface area contributed by atoms with Crippen molar-refractivity contribution >= 4 is 5.91 Å². The Bertz CT molecular complexity index is 1100. The smallest absolute Gasteiger partial charge is 0.261 e. The zero-order valence-electron chi connectivity index (χ0n) is 16.3. The molecule has 1 amide bonds. The average Bonchev–Trinajstić information content (AvgIpc) is 3.40. The molecule has 148 valence electrons. The van der Waals surface area contributed by atoms with E-state index in [1.807, 2.05) is 24.3 Å². The van der Waals surface area contributed by atoms with E-state index in [1.54, 1.807) is 11.2 Å². The third-order valence-electron chi connectivity index (χ3n) is 6.16. The molecule has 3 aromatic rings. The second kappa shape index (κ2) is 7.35. The quantitative estimate of drug-likeness (QED) is 0.721. The van der Waals surface area contributed by atoms with Crippen molar-refractivity contribution in [3.8, 4) is 0 Å². The van der Waals surface area contributed by atoms with Gasteiger partial charge in [0.15, 0.2) is 0 Å². The molecule has 6 nitrogen and oxygen atoms in total. The van der Waals surface area contributed by atoms with Crippen molar-refractivity contribution in [2.75, 3.05) is 6.54 Å². The maximum atomic E-state index is 13.2. The minimum Gasteiger partial charge on any atom is -0.347 e. The molecule has 0 spiro atoms. The van der Waals surface area contributed by atoms with E-state index >= 15 is 0 Å². The summed E-state index contributed by atoms with van der Waals surface area (Å²) in [5, 5.41) is 0. The van der Waals surface area contributed by atoms with Crippen LogP contribution < -0.4 is 5.56 Å². The van der Waals surface area contributed by atoms with Crippen molar-refractivity contribution in [2.24, 2.45) is 0 Å². The Morgan fingerprint density at radius 2 is 2.03 bits per heavy atom. The van der Waals surface area contributed by atoms with Crippen molar-refractivity contribution in [1.29, 1.82) is 0 Å². The monoisotopic (exact) mass is 388 g/mol. The summed E-state index contributed by atoms with van der Waals surface area (Å²) < 4.78 is 0. The molecule has 1 aliphatic carbocycles. The fourth-order valence-electron chi connectivity index (χ4n) is 4.63. The highest BCUT2D eigenvalue weighted by Gasteiger charge is 2.32. The maximum Gasteiger partial charge on any atom is 0.261 e. The molecular formula is C23H24N4O2. The van der Waals surface area contributed by atoms with Gasteiger partial charge in [-0.15, -0.1) is 0 Å². The third kappa shape index (κ3) is 3.39. The molecule has 6 heteroatoms. The van der Waals surface area contributed by atoms with E-state index < -0.39 is 0 Å². The number of aryl methyl sites for hydroxylation is 3. The first-order valence-electron chi connectivity index (χ1n) is 10.3. The van der Waals surface area contributed by atoms with Crippen LogP contribution in [0.1, 0.15) is 57.3 Å². The number of nitrogens with zero attached hydrogens (tertiary/aromatic N) is 2. The van der Waals surface area contributed by atoms with E-state index in [1.165, 1.54) is 5.56 Å². The summed E-state index contributed by atoms with van der Waals surface area (Å²) in [5.74, 6) is -0.0337. The zero-order valence-corrected chi connectivity index (χ0v) is 16.3. The summed E-state index contributed by atoms with van der Waals surface area (Å²) in [7, 11) is 0. The normalized spacial score (nSPS) is 17.8. The minimum atomic E-state index is -0.271. The van der Waals surface area contributed by atoms with Crippen LogP contribution in [0.5, 0.6) is 0 Å². The lowest BCUT2D eigenvalue weighted by Gasteiger charge is -2.32. The van der Waals surface area contributed by atoms with Crippen LogP contribution in [0.3, 0.4) is 0 Å². The van der Waals surface area contributed by atoms with Crippen LogP contribution in [0.4, 0.5) is 0 Å². The number of H-pyrrole nitrogens is 2. The molecule has 1 aromatic carbocycles. The number of carbonyl (C=O) groups excluding carboxylic acids is 1. The number of rotatable bonds is 4. The second-order valence-electron chi connectivity index (χ2n) is 8.04. The van der Waals surface area contributed by atoms with Gasteiger partial charge in [0, 0.05) is 18.2 Å². The van der Waals surface area contributed by atoms with Crippen LogP contribution in [0, 0.1) is 0 Å². The number of aromatic nitrogens is 3. The number of carbonyl (C=O) groups is 1. The van der Waals surface area contributed by atoms with Gasteiger partial charge in [-0.25, -0.2) is 4.98 Å². The molecule has 2 aliphatic rings. The van der Waals surface area contributed by atoms with Gasteiger partial charge in [-0.2, -0.15) is 0 Å². The van der Waals surface area contributed by atoms with E-state index in [2.05, 4.69) is 27.1 Å². The van der Waals surface area contributed by atoms with Gasteiger partial charge >= 0.3 is 0 Å². The highest BCUT2D eigenvalue weighted by atomic mass is 16.2. The number of amides is 1. The van der Waals surface area contributed by atoms with E-state index in [0.29, 0.717) is 13.1 Å². The van der Waals surface area contributed by atoms with Crippen molar-refractivity contribution in [2.45, 2.75) is 44.6 Å². The molecule has 0 saturated carbocycles. The maximum absolute atomic E-state index is 13.2. The minimum absolute atomic E-state index is 0.155. The lowest BCUT2D eigenvalue weighted by molar-refractivity contribution is 0.0709. The van der Waals surface area contributed by atoms with Gasteiger partial charge in [0.1, 0.15) is 5.56 Å². The number of hydrogen-bond acceptors (Lipinski definition) is 3. The summed E-state index contributed by atoms with van der Waals surface area (Å²) in [6.07, 6.45) is 6.39. The Balaban J connectivity index is 1.39. The van der Waals surface area contributed by atoms with Gasteiger partial charge in [-0.3, -0.25) is 9.59 Å². The van der Waals surface area contributed by atoms with Crippen molar-refractivity contribution < 1.29 is 4.79 Å². The van der Waals surface area contributed by atoms with Gasteiger partial charge in [-0.05, 0) is 49.3 Å². The highest BCUT2D eigenvalue weighted by molar-refractivity contribution is 5.94. The zero-order chi connectivity index (χ0) is 19.8. The Morgan fingerprint density at radius 1 is 1.17 bits per heavy atom. The molecule has 29 heavy (non-hydrogen) atoms. The van der Waals surface area contributed by atoms with Gasteiger partial charge < -0.3 is 14.9 Å². The first-order valence-corrected chi connectivity index (χ1v) is 10.3. The first-order chi connectivity index (χ1) is 14.2. The SMILES string of the molecule is O=C(c1cc2c([nH]c1=O)CCC2)N1Cc2[nH]cnc2C(CCc2ccccc2)C1. The molecule has 0 radical (unpaired) electrons. The van der Waals surface area contributed by atoms with Crippen LogP contribution >= 0.6 is 0 Å². The summed E-state index contributed by atoms with van der Waals surface area (Å²) in [6.45, 7) is 1.05. The molecule has 0 saturated heterocycles. The molecule has 1 atom stereocenters. The number of fused-ring (bicyclic) bond motifs is 2. The van der Waals surface area contributed by atoms with Crippen molar-refractivity contribution in [3.63, 3.8) is 0 Å². The Morgan fingerprint density at radius 3 is 2.90 bits per heavy atom. The first kappa shape index (κ1) is 17.9.